The fraction of sp³-hybridized carbons (Fsp3) is 0.448. The van der Waals surface area contributed by atoms with E-state index in [9.17, 15) is 4.39 Å². The predicted molar refractivity (Wildman–Crippen MR) is 140 cm³/mol. The first-order chi connectivity index (χ1) is 17.4. The van der Waals surface area contributed by atoms with Gasteiger partial charge in [0.1, 0.15) is 11.6 Å². The number of aryl methyl sites for hydroxylation is 1. The Balaban J connectivity index is 0.00000148. The maximum Gasteiger partial charge on any atom is 0.157 e. The van der Waals surface area contributed by atoms with E-state index in [4.69, 9.17) is 9.26 Å². The van der Waals surface area contributed by atoms with Gasteiger partial charge in [-0.3, -0.25) is 0 Å². The molecule has 2 unspecified atom stereocenters. The van der Waals surface area contributed by atoms with Crippen molar-refractivity contribution < 1.29 is 13.7 Å². The van der Waals surface area contributed by atoms with Crippen molar-refractivity contribution in [1.29, 1.82) is 0 Å². The second kappa shape index (κ2) is 10.8. The summed E-state index contributed by atoms with van der Waals surface area (Å²) < 4.78 is 27.1. The molecule has 3 aromatic rings. The van der Waals surface area contributed by atoms with Crippen molar-refractivity contribution >= 4 is 5.70 Å². The van der Waals surface area contributed by atoms with Crippen LogP contribution in [0.15, 0.2) is 59.2 Å². The van der Waals surface area contributed by atoms with E-state index >= 15 is 0 Å². The number of halogens is 1. The lowest BCUT2D eigenvalue weighted by Gasteiger charge is -2.31. The summed E-state index contributed by atoms with van der Waals surface area (Å²) in [7, 11) is 1.72. The third-order valence-corrected chi connectivity index (χ3v) is 7.08. The highest BCUT2D eigenvalue weighted by atomic mass is 19.1. The average Bonchev–Trinajstić information content (AvgIpc) is 3.53. The van der Waals surface area contributed by atoms with E-state index in [1.54, 1.807) is 7.11 Å². The van der Waals surface area contributed by atoms with Crippen molar-refractivity contribution in [1.82, 2.24) is 20.0 Å². The normalized spacial score (nSPS) is 22.0. The number of ether oxygens (including phenoxy) is 1. The quantitative estimate of drug-likeness (QED) is 0.410. The molecule has 6 nitrogen and oxygen atoms in total. The molecule has 1 aromatic carbocycles. The van der Waals surface area contributed by atoms with Crippen LogP contribution in [-0.2, 0) is 16.6 Å². The van der Waals surface area contributed by atoms with Crippen molar-refractivity contribution in [2.24, 2.45) is 0 Å². The largest absolute Gasteiger partial charge is 0.499 e. The Labute approximate surface area is 213 Å². The number of benzene rings is 1. The van der Waals surface area contributed by atoms with Crippen LogP contribution in [0.25, 0.3) is 5.70 Å². The second-order valence-corrected chi connectivity index (χ2v) is 9.62. The maximum atomic E-state index is 13.3. The number of aromatic nitrogens is 3. The van der Waals surface area contributed by atoms with Gasteiger partial charge in [0, 0.05) is 29.6 Å². The number of nitrogens with zero attached hydrogens (tertiary/aromatic N) is 3. The van der Waals surface area contributed by atoms with Crippen molar-refractivity contribution in [3.8, 4) is 0 Å². The van der Waals surface area contributed by atoms with Crippen molar-refractivity contribution in [2.75, 3.05) is 7.11 Å². The number of nitrogens with one attached hydrogen (secondary N) is 1. The van der Waals surface area contributed by atoms with E-state index in [0.29, 0.717) is 6.42 Å². The van der Waals surface area contributed by atoms with E-state index in [-0.39, 0.29) is 23.3 Å². The molecule has 3 atom stereocenters. The number of hydrogen-bond donors (Lipinski definition) is 1. The first kappa shape index (κ1) is 25.9. The molecule has 0 spiro atoms. The number of hydrogen-bond acceptors (Lipinski definition) is 5. The molecule has 7 heteroatoms. The molecule has 0 saturated carbocycles. The number of methoxy groups -OCH3 is 1. The summed E-state index contributed by atoms with van der Waals surface area (Å²) in [6.45, 7) is 10.3. The first-order valence-corrected chi connectivity index (χ1v) is 12.9. The number of imidazole rings is 1. The second-order valence-electron chi connectivity index (χ2n) is 9.62. The zero-order valence-corrected chi connectivity index (χ0v) is 22.1. The zero-order valence-electron chi connectivity index (χ0n) is 22.1. The molecule has 2 aromatic heterocycles. The van der Waals surface area contributed by atoms with E-state index in [1.165, 1.54) is 17.7 Å². The lowest BCUT2D eigenvalue weighted by atomic mass is 9.75. The van der Waals surface area contributed by atoms with Crippen LogP contribution < -0.4 is 5.32 Å². The highest BCUT2D eigenvalue weighted by molar-refractivity contribution is 5.63. The third kappa shape index (κ3) is 5.03. The smallest absolute Gasteiger partial charge is 0.157 e. The van der Waals surface area contributed by atoms with Gasteiger partial charge in [-0.15, -0.1) is 0 Å². The van der Waals surface area contributed by atoms with Crippen LogP contribution in [0.3, 0.4) is 0 Å². The third-order valence-electron chi connectivity index (χ3n) is 7.08. The van der Waals surface area contributed by atoms with E-state index in [2.05, 4.69) is 41.5 Å². The number of rotatable bonds is 6. The topological polar surface area (TPSA) is 65.1 Å². The Kier molecular flexibility index (Phi) is 7.79. The molecule has 0 radical (unpaired) electrons. The van der Waals surface area contributed by atoms with E-state index in [0.717, 1.165) is 53.4 Å². The minimum Gasteiger partial charge on any atom is -0.499 e. The molecule has 2 aliphatic rings. The molecule has 0 fully saturated rings. The highest BCUT2D eigenvalue weighted by Gasteiger charge is 2.39. The standard InChI is InChI=1S/C27H31FN4O2.C2H6/c1-17-15-32(16-29-17)23-12-13-27(3,14-24(23)33-4)26-21-6-5-7-22(25(21)34-31-26)30-18(2)19-8-10-20(28)11-9-19;1-2/h8-13,15-16,18,22,30H,5-7,14H2,1-4H3;1-2H3/t18?,22?,27-;/m0./s1. The SMILES string of the molecule is CC.COC1=C(n2cnc(C)c2)C=C[C@](C)(c2noc3c2CCCC3NC(C)c2ccc(F)cc2)C1. The fourth-order valence-electron chi connectivity index (χ4n) is 5.17. The van der Waals surface area contributed by atoms with Crippen molar-refractivity contribution in [3.05, 3.63) is 88.8 Å². The summed E-state index contributed by atoms with van der Waals surface area (Å²) in [6.07, 6.45) is 11.8. The van der Waals surface area contributed by atoms with Gasteiger partial charge in [-0.05, 0) is 63.8 Å². The molecule has 0 amide bonds. The summed E-state index contributed by atoms with van der Waals surface area (Å²) in [5.74, 6) is 1.60. The minimum absolute atomic E-state index is 0.0690. The van der Waals surface area contributed by atoms with Crippen LogP contribution in [0.5, 0.6) is 0 Å². The van der Waals surface area contributed by atoms with Gasteiger partial charge in [0.05, 0.1) is 36.6 Å². The van der Waals surface area contributed by atoms with Gasteiger partial charge >= 0.3 is 0 Å². The van der Waals surface area contributed by atoms with Crippen molar-refractivity contribution in [2.45, 2.75) is 77.8 Å². The van der Waals surface area contributed by atoms with Crippen LogP contribution in [0.4, 0.5) is 4.39 Å². The minimum atomic E-state index is -0.327. The molecule has 2 heterocycles. The Morgan fingerprint density at radius 3 is 2.67 bits per heavy atom. The van der Waals surface area contributed by atoms with Crippen LogP contribution in [0.1, 0.15) is 87.3 Å². The zero-order chi connectivity index (χ0) is 25.9. The molecule has 36 heavy (non-hydrogen) atoms. The first-order valence-electron chi connectivity index (χ1n) is 12.9. The van der Waals surface area contributed by atoms with Gasteiger partial charge in [0.15, 0.2) is 5.76 Å². The van der Waals surface area contributed by atoms with Gasteiger partial charge in [0.25, 0.3) is 0 Å². The predicted octanol–water partition coefficient (Wildman–Crippen LogP) is 6.81. The van der Waals surface area contributed by atoms with Gasteiger partial charge < -0.3 is 19.1 Å². The van der Waals surface area contributed by atoms with Gasteiger partial charge in [-0.2, -0.15) is 0 Å². The lowest BCUT2D eigenvalue weighted by Crippen LogP contribution is -2.29. The van der Waals surface area contributed by atoms with Crippen LogP contribution in [0.2, 0.25) is 0 Å². The molecular formula is C29H37FN4O2. The number of allylic oxidation sites excluding steroid dienone is 4. The molecule has 2 aliphatic carbocycles. The molecule has 0 aliphatic heterocycles. The number of fused-ring (bicyclic) bond motifs is 1. The Bertz CT molecular complexity index is 1240. The molecule has 0 saturated heterocycles. The molecule has 0 bridgehead atoms. The summed E-state index contributed by atoms with van der Waals surface area (Å²) in [5, 5.41) is 8.26. The Morgan fingerprint density at radius 1 is 1.25 bits per heavy atom. The fourth-order valence-corrected chi connectivity index (χ4v) is 5.17. The summed E-state index contributed by atoms with van der Waals surface area (Å²) >= 11 is 0. The van der Waals surface area contributed by atoms with Crippen molar-refractivity contribution in [3.63, 3.8) is 0 Å². The van der Waals surface area contributed by atoms with Crippen LogP contribution in [0, 0.1) is 12.7 Å². The Morgan fingerprint density at radius 2 is 2.00 bits per heavy atom. The molecular weight excluding hydrogens is 455 g/mol. The monoisotopic (exact) mass is 492 g/mol. The maximum absolute atomic E-state index is 13.3. The average molecular weight is 493 g/mol. The van der Waals surface area contributed by atoms with Gasteiger partial charge in [-0.25, -0.2) is 9.37 Å². The summed E-state index contributed by atoms with van der Waals surface area (Å²) in [6, 6.07) is 6.80. The lowest BCUT2D eigenvalue weighted by molar-refractivity contribution is 0.256. The summed E-state index contributed by atoms with van der Waals surface area (Å²) in [4.78, 5) is 4.35. The van der Waals surface area contributed by atoms with Gasteiger partial charge in [-0.1, -0.05) is 37.2 Å². The molecule has 192 valence electrons. The Hall–Kier alpha value is -3.19. The highest BCUT2D eigenvalue weighted by Crippen LogP contribution is 2.43. The van der Waals surface area contributed by atoms with E-state index < -0.39 is 0 Å². The van der Waals surface area contributed by atoms with Crippen LogP contribution >= 0.6 is 0 Å². The summed E-state index contributed by atoms with van der Waals surface area (Å²) in [5.41, 5.74) is 4.85. The molecule has 5 rings (SSSR count). The van der Waals surface area contributed by atoms with Crippen LogP contribution in [-0.4, -0.2) is 21.8 Å². The molecule has 1 N–H and O–H groups in total. The van der Waals surface area contributed by atoms with Gasteiger partial charge in [0.2, 0.25) is 0 Å². The van der Waals surface area contributed by atoms with E-state index in [1.807, 2.05) is 50.0 Å².